The predicted octanol–water partition coefficient (Wildman–Crippen LogP) is 3.65. The van der Waals surface area contributed by atoms with Crippen LogP contribution in [0.4, 0.5) is 5.82 Å². The summed E-state index contributed by atoms with van der Waals surface area (Å²) in [4.78, 5) is 19.1. The molecule has 0 saturated carbocycles. The quantitative estimate of drug-likeness (QED) is 0.351. The summed E-state index contributed by atoms with van der Waals surface area (Å²) in [5.74, 6) is 0.342. The SMILES string of the molecule is CCOC(=O)C1CCN(c2nc3c(S(=O)(=O)c4ccc(Br)cc4)nnn3c3ccccc23)CC1. The van der Waals surface area contributed by atoms with E-state index in [0.717, 1.165) is 9.86 Å². The average Bonchev–Trinajstić information content (AvgIpc) is 3.29. The Morgan fingerprint density at radius 3 is 2.53 bits per heavy atom. The number of sulfone groups is 1. The second kappa shape index (κ2) is 8.95. The fourth-order valence-electron chi connectivity index (χ4n) is 4.26. The monoisotopic (exact) mass is 543 g/mol. The molecule has 0 atom stereocenters. The molecule has 0 aliphatic carbocycles. The Bertz CT molecular complexity index is 1480. The highest BCUT2D eigenvalue weighted by atomic mass is 79.9. The van der Waals surface area contributed by atoms with Crippen molar-refractivity contribution in [1.29, 1.82) is 0 Å². The van der Waals surface area contributed by atoms with Crippen LogP contribution < -0.4 is 4.90 Å². The number of hydrogen-bond donors (Lipinski definition) is 0. The molecule has 0 radical (unpaired) electrons. The Balaban J connectivity index is 1.59. The number of para-hydroxylation sites is 1. The lowest BCUT2D eigenvalue weighted by Gasteiger charge is -2.32. The van der Waals surface area contributed by atoms with E-state index in [-0.39, 0.29) is 27.5 Å². The molecular weight excluding hydrogens is 522 g/mol. The molecule has 176 valence electrons. The van der Waals surface area contributed by atoms with Crippen molar-refractivity contribution in [3.8, 4) is 0 Å². The topological polar surface area (TPSA) is 107 Å². The maximum Gasteiger partial charge on any atom is 0.309 e. The Morgan fingerprint density at radius 2 is 1.82 bits per heavy atom. The summed E-state index contributed by atoms with van der Waals surface area (Å²) in [5.41, 5.74) is 0.879. The van der Waals surface area contributed by atoms with E-state index in [0.29, 0.717) is 43.9 Å². The van der Waals surface area contributed by atoms with Gasteiger partial charge in [0, 0.05) is 22.9 Å². The van der Waals surface area contributed by atoms with Gasteiger partial charge in [-0.05, 0) is 56.2 Å². The van der Waals surface area contributed by atoms with Crippen molar-refractivity contribution in [2.45, 2.75) is 29.7 Å². The maximum absolute atomic E-state index is 13.4. The molecule has 0 amide bonds. The van der Waals surface area contributed by atoms with Crippen LogP contribution >= 0.6 is 15.9 Å². The van der Waals surface area contributed by atoms with Gasteiger partial charge in [-0.25, -0.2) is 13.4 Å². The highest BCUT2D eigenvalue weighted by Gasteiger charge is 2.30. The number of fused-ring (bicyclic) bond motifs is 3. The summed E-state index contributed by atoms with van der Waals surface area (Å²) in [5, 5.41) is 8.81. The van der Waals surface area contributed by atoms with E-state index >= 15 is 0 Å². The molecular formula is C23H22BrN5O4S. The number of carbonyl (C=O) groups excluding carboxylic acids is 1. The van der Waals surface area contributed by atoms with Gasteiger partial charge in [0.15, 0.2) is 5.65 Å². The lowest BCUT2D eigenvalue weighted by molar-refractivity contribution is -0.148. The van der Waals surface area contributed by atoms with Crippen LogP contribution in [0.25, 0.3) is 16.6 Å². The van der Waals surface area contributed by atoms with Gasteiger partial charge in [-0.15, -0.1) is 5.10 Å². The number of carbonyl (C=O) groups is 1. The summed E-state index contributed by atoms with van der Waals surface area (Å²) in [6.07, 6.45) is 1.28. The first-order valence-electron chi connectivity index (χ1n) is 11.0. The van der Waals surface area contributed by atoms with E-state index in [4.69, 9.17) is 9.72 Å². The van der Waals surface area contributed by atoms with Crippen molar-refractivity contribution in [2.75, 3.05) is 24.6 Å². The smallest absolute Gasteiger partial charge is 0.309 e. The van der Waals surface area contributed by atoms with E-state index in [1.807, 2.05) is 24.3 Å². The maximum atomic E-state index is 13.4. The minimum absolute atomic E-state index is 0.116. The molecule has 11 heteroatoms. The number of rotatable bonds is 5. The molecule has 1 aliphatic rings. The summed E-state index contributed by atoms with van der Waals surface area (Å²) in [7, 11) is -3.94. The van der Waals surface area contributed by atoms with Gasteiger partial charge in [0.05, 0.1) is 22.9 Å². The number of halogens is 1. The summed E-state index contributed by atoms with van der Waals surface area (Å²) < 4.78 is 34.2. The van der Waals surface area contributed by atoms with Gasteiger partial charge in [-0.1, -0.05) is 33.3 Å². The zero-order valence-electron chi connectivity index (χ0n) is 18.4. The summed E-state index contributed by atoms with van der Waals surface area (Å²) in [6, 6.07) is 13.9. The van der Waals surface area contributed by atoms with E-state index in [2.05, 4.69) is 31.1 Å². The molecule has 3 heterocycles. The van der Waals surface area contributed by atoms with Gasteiger partial charge in [-0.2, -0.15) is 4.52 Å². The van der Waals surface area contributed by atoms with Crippen LogP contribution in [0.5, 0.6) is 0 Å². The molecule has 1 fully saturated rings. The molecule has 0 bridgehead atoms. The van der Waals surface area contributed by atoms with Crippen molar-refractivity contribution in [1.82, 2.24) is 19.8 Å². The molecule has 0 N–H and O–H groups in total. The Hall–Kier alpha value is -3.05. The van der Waals surface area contributed by atoms with Crippen LogP contribution in [0.15, 0.2) is 62.9 Å². The number of anilines is 1. The second-order valence-electron chi connectivity index (χ2n) is 8.05. The van der Waals surface area contributed by atoms with Gasteiger partial charge >= 0.3 is 5.97 Å². The number of ether oxygens (including phenoxy) is 1. The van der Waals surface area contributed by atoms with E-state index < -0.39 is 9.84 Å². The van der Waals surface area contributed by atoms with Crippen LogP contribution in [0, 0.1) is 5.92 Å². The second-order valence-corrected chi connectivity index (χ2v) is 10.8. The van der Waals surface area contributed by atoms with Crippen LogP contribution in [-0.2, 0) is 19.4 Å². The number of aromatic nitrogens is 4. The minimum atomic E-state index is -3.94. The molecule has 0 unspecified atom stereocenters. The lowest BCUT2D eigenvalue weighted by Crippen LogP contribution is -2.37. The zero-order valence-corrected chi connectivity index (χ0v) is 20.8. The van der Waals surface area contributed by atoms with Crippen molar-refractivity contribution in [2.24, 2.45) is 5.92 Å². The third kappa shape index (κ3) is 3.92. The van der Waals surface area contributed by atoms with Crippen molar-refractivity contribution in [3.63, 3.8) is 0 Å². The fraction of sp³-hybridized carbons (Fsp3) is 0.304. The highest BCUT2D eigenvalue weighted by molar-refractivity contribution is 9.10. The van der Waals surface area contributed by atoms with Crippen LogP contribution in [0.3, 0.4) is 0 Å². The number of nitrogens with zero attached hydrogens (tertiary/aromatic N) is 5. The van der Waals surface area contributed by atoms with Crippen LogP contribution in [0.2, 0.25) is 0 Å². The molecule has 1 saturated heterocycles. The van der Waals surface area contributed by atoms with Crippen molar-refractivity contribution in [3.05, 3.63) is 53.0 Å². The third-order valence-electron chi connectivity index (χ3n) is 5.99. The van der Waals surface area contributed by atoms with Gasteiger partial charge in [-0.3, -0.25) is 4.79 Å². The number of esters is 1. The molecule has 1 aliphatic heterocycles. The predicted molar refractivity (Wildman–Crippen MR) is 129 cm³/mol. The molecule has 9 nitrogen and oxygen atoms in total. The van der Waals surface area contributed by atoms with Crippen molar-refractivity contribution < 1.29 is 17.9 Å². The van der Waals surface area contributed by atoms with Crippen LogP contribution in [0.1, 0.15) is 19.8 Å². The highest BCUT2D eigenvalue weighted by Crippen LogP contribution is 2.32. The number of piperidine rings is 1. The van der Waals surface area contributed by atoms with Gasteiger partial charge in [0.25, 0.3) is 0 Å². The molecule has 2 aromatic heterocycles. The Kier molecular flexibility index (Phi) is 5.98. The Labute approximate surface area is 204 Å². The largest absolute Gasteiger partial charge is 0.466 e. The molecule has 34 heavy (non-hydrogen) atoms. The van der Waals surface area contributed by atoms with Gasteiger partial charge in [0.1, 0.15) is 5.82 Å². The first kappa shape index (κ1) is 22.7. The van der Waals surface area contributed by atoms with E-state index in [1.54, 1.807) is 19.1 Å². The first-order valence-corrected chi connectivity index (χ1v) is 13.2. The van der Waals surface area contributed by atoms with Gasteiger partial charge in [0.2, 0.25) is 14.9 Å². The summed E-state index contributed by atoms with van der Waals surface area (Å²) in [6.45, 7) is 3.38. The standard InChI is InChI=1S/C23H22BrN5O4S/c1-2-33-23(30)15-11-13-28(14-12-15)20-18-5-3-4-6-19(18)29-21(25-20)22(26-27-29)34(31,32)17-9-7-16(24)8-10-17/h3-10,15H,2,11-14H2,1H3. The van der Waals surface area contributed by atoms with Crippen LogP contribution in [-0.4, -0.2) is 53.9 Å². The first-order chi connectivity index (χ1) is 16.4. The third-order valence-corrected chi connectivity index (χ3v) is 8.19. The summed E-state index contributed by atoms with van der Waals surface area (Å²) >= 11 is 3.33. The molecule has 2 aromatic carbocycles. The number of benzene rings is 2. The zero-order chi connectivity index (χ0) is 23.9. The van der Waals surface area contributed by atoms with Gasteiger partial charge < -0.3 is 9.64 Å². The molecule has 4 aromatic rings. The van der Waals surface area contributed by atoms with E-state index in [9.17, 15) is 13.2 Å². The number of hydrogen-bond acceptors (Lipinski definition) is 8. The van der Waals surface area contributed by atoms with E-state index in [1.165, 1.54) is 16.6 Å². The minimum Gasteiger partial charge on any atom is -0.466 e. The Morgan fingerprint density at radius 1 is 1.12 bits per heavy atom. The molecule has 0 spiro atoms. The van der Waals surface area contributed by atoms with Crippen molar-refractivity contribution >= 4 is 54.1 Å². The average molecular weight is 544 g/mol. The molecule has 5 rings (SSSR count). The normalized spacial score (nSPS) is 15.2. The lowest BCUT2D eigenvalue weighted by atomic mass is 9.97. The fourth-order valence-corrected chi connectivity index (χ4v) is 5.75.